The molecule has 1 aliphatic rings. The molecule has 1 aliphatic heterocycles. The Hall–Kier alpha value is -1.47. The Balaban J connectivity index is 1.69. The topological polar surface area (TPSA) is 54.6 Å². The zero-order chi connectivity index (χ0) is 16.2. The second-order valence-corrected chi connectivity index (χ2v) is 6.20. The fourth-order valence-electron chi connectivity index (χ4n) is 2.89. The molecule has 23 heavy (non-hydrogen) atoms. The highest BCUT2D eigenvalue weighted by atomic mass is 35.5. The van der Waals surface area contributed by atoms with Crippen LogP contribution in [-0.2, 0) is 17.9 Å². The van der Waals surface area contributed by atoms with Crippen LogP contribution in [0.2, 0.25) is 5.02 Å². The summed E-state index contributed by atoms with van der Waals surface area (Å²) in [5, 5.41) is 4.83. The maximum absolute atomic E-state index is 6.37. The fraction of sp³-hybridized carbons (Fsp3) is 0.500. The lowest BCUT2D eigenvalue weighted by atomic mass is 10.0. The SMILES string of the molecule is COCc1nc(CN2CCN(C)C(c3ccccc3Cl)C2)no1. The molecule has 7 heteroatoms. The maximum Gasteiger partial charge on any atom is 0.252 e. The van der Waals surface area contributed by atoms with Gasteiger partial charge in [-0.2, -0.15) is 4.98 Å². The molecule has 1 fully saturated rings. The maximum atomic E-state index is 6.37. The highest BCUT2D eigenvalue weighted by molar-refractivity contribution is 6.31. The van der Waals surface area contributed by atoms with Gasteiger partial charge < -0.3 is 9.26 Å². The molecule has 124 valence electrons. The van der Waals surface area contributed by atoms with Gasteiger partial charge >= 0.3 is 0 Å². The second-order valence-electron chi connectivity index (χ2n) is 5.79. The monoisotopic (exact) mass is 336 g/mol. The van der Waals surface area contributed by atoms with Crippen LogP contribution in [0.4, 0.5) is 0 Å². The standard InChI is InChI=1S/C16H21ClN4O2/c1-20-7-8-21(10-15-18-16(11-22-2)23-19-15)9-14(20)12-5-3-4-6-13(12)17/h3-6,14H,7-11H2,1-2H3. The van der Waals surface area contributed by atoms with E-state index < -0.39 is 0 Å². The highest BCUT2D eigenvalue weighted by Gasteiger charge is 2.27. The molecule has 2 heterocycles. The minimum atomic E-state index is 0.266. The van der Waals surface area contributed by atoms with Crippen LogP contribution in [0, 0.1) is 0 Å². The van der Waals surface area contributed by atoms with E-state index in [0.29, 0.717) is 24.9 Å². The first kappa shape index (κ1) is 16.4. The van der Waals surface area contributed by atoms with Crippen molar-refractivity contribution in [3.63, 3.8) is 0 Å². The van der Waals surface area contributed by atoms with E-state index in [4.69, 9.17) is 20.9 Å². The third-order valence-corrected chi connectivity index (χ3v) is 4.48. The molecule has 1 atom stereocenters. The fourth-order valence-corrected chi connectivity index (χ4v) is 3.15. The van der Waals surface area contributed by atoms with Gasteiger partial charge in [-0.15, -0.1) is 0 Å². The Bertz CT molecular complexity index is 649. The summed E-state index contributed by atoms with van der Waals surface area (Å²) in [4.78, 5) is 9.01. The van der Waals surface area contributed by atoms with E-state index in [1.807, 2.05) is 18.2 Å². The molecule has 1 aromatic heterocycles. The Labute approximate surface area is 141 Å². The van der Waals surface area contributed by atoms with Crippen LogP contribution in [-0.4, -0.2) is 53.7 Å². The Morgan fingerprint density at radius 1 is 1.35 bits per heavy atom. The summed E-state index contributed by atoms with van der Waals surface area (Å²) in [5.41, 5.74) is 1.16. The largest absolute Gasteiger partial charge is 0.375 e. The number of aromatic nitrogens is 2. The van der Waals surface area contributed by atoms with Gasteiger partial charge in [-0.05, 0) is 18.7 Å². The third-order valence-electron chi connectivity index (χ3n) is 4.14. The average Bonchev–Trinajstić information content (AvgIpc) is 2.98. The molecule has 0 aliphatic carbocycles. The summed E-state index contributed by atoms with van der Waals surface area (Å²) in [6.45, 7) is 3.83. The lowest BCUT2D eigenvalue weighted by Crippen LogP contribution is -2.46. The number of benzene rings is 1. The van der Waals surface area contributed by atoms with Gasteiger partial charge in [0.25, 0.3) is 5.89 Å². The van der Waals surface area contributed by atoms with Crippen molar-refractivity contribution >= 4 is 11.6 Å². The van der Waals surface area contributed by atoms with Gasteiger partial charge in [0.05, 0.1) is 6.54 Å². The number of methoxy groups -OCH3 is 1. The van der Waals surface area contributed by atoms with E-state index in [1.54, 1.807) is 7.11 Å². The van der Waals surface area contributed by atoms with Crippen LogP contribution in [0.3, 0.4) is 0 Å². The lowest BCUT2D eigenvalue weighted by Gasteiger charge is -2.39. The van der Waals surface area contributed by atoms with E-state index in [9.17, 15) is 0 Å². The number of piperazine rings is 1. The predicted molar refractivity (Wildman–Crippen MR) is 87.1 cm³/mol. The zero-order valence-corrected chi connectivity index (χ0v) is 14.2. The minimum Gasteiger partial charge on any atom is -0.375 e. The molecule has 0 radical (unpaired) electrons. The molecular formula is C16H21ClN4O2. The van der Waals surface area contributed by atoms with Crippen molar-refractivity contribution in [2.24, 2.45) is 0 Å². The van der Waals surface area contributed by atoms with E-state index in [2.05, 4.69) is 33.1 Å². The van der Waals surface area contributed by atoms with Crippen LogP contribution < -0.4 is 0 Å². The molecule has 6 nitrogen and oxygen atoms in total. The number of hydrogen-bond donors (Lipinski definition) is 0. The zero-order valence-electron chi connectivity index (χ0n) is 13.4. The van der Waals surface area contributed by atoms with Crippen LogP contribution in [0.25, 0.3) is 0 Å². The van der Waals surface area contributed by atoms with Crippen LogP contribution in [0.1, 0.15) is 23.3 Å². The number of likely N-dealkylation sites (N-methyl/N-ethyl adjacent to an activating group) is 1. The van der Waals surface area contributed by atoms with E-state index in [0.717, 1.165) is 30.2 Å². The normalized spacial score (nSPS) is 20.0. The minimum absolute atomic E-state index is 0.266. The van der Waals surface area contributed by atoms with Gasteiger partial charge in [0.2, 0.25) is 0 Å². The molecular weight excluding hydrogens is 316 g/mol. The number of halogens is 1. The van der Waals surface area contributed by atoms with Crippen molar-refractivity contribution in [2.45, 2.75) is 19.2 Å². The number of hydrogen-bond acceptors (Lipinski definition) is 6. The Morgan fingerprint density at radius 2 is 2.17 bits per heavy atom. The van der Waals surface area contributed by atoms with Crippen molar-refractivity contribution in [2.75, 3.05) is 33.8 Å². The molecule has 0 spiro atoms. The van der Waals surface area contributed by atoms with Gasteiger partial charge in [0.1, 0.15) is 6.61 Å². The van der Waals surface area contributed by atoms with E-state index >= 15 is 0 Å². The summed E-state index contributed by atoms with van der Waals surface area (Å²) >= 11 is 6.37. The summed E-state index contributed by atoms with van der Waals surface area (Å²) in [6, 6.07) is 8.30. The van der Waals surface area contributed by atoms with Crippen LogP contribution in [0.15, 0.2) is 28.8 Å². The van der Waals surface area contributed by atoms with Crippen LogP contribution in [0.5, 0.6) is 0 Å². The molecule has 2 aromatic rings. The highest BCUT2D eigenvalue weighted by Crippen LogP contribution is 2.29. The average molecular weight is 337 g/mol. The molecule has 1 aromatic carbocycles. The molecule has 1 unspecified atom stereocenters. The number of rotatable bonds is 5. The Kier molecular flexibility index (Phi) is 5.27. The first-order chi connectivity index (χ1) is 11.2. The first-order valence-corrected chi connectivity index (χ1v) is 8.02. The smallest absolute Gasteiger partial charge is 0.252 e. The molecule has 0 bridgehead atoms. The first-order valence-electron chi connectivity index (χ1n) is 7.65. The summed E-state index contributed by atoms with van der Waals surface area (Å²) in [7, 11) is 3.74. The second kappa shape index (κ2) is 7.40. The molecule has 3 rings (SSSR count). The van der Waals surface area contributed by atoms with Crippen molar-refractivity contribution in [3.8, 4) is 0 Å². The quantitative estimate of drug-likeness (QED) is 0.835. The Morgan fingerprint density at radius 3 is 2.96 bits per heavy atom. The van der Waals surface area contributed by atoms with Gasteiger partial charge in [-0.1, -0.05) is 35.0 Å². The van der Waals surface area contributed by atoms with Gasteiger partial charge in [-0.3, -0.25) is 9.80 Å². The molecule has 0 saturated carbocycles. The number of nitrogens with zero attached hydrogens (tertiary/aromatic N) is 4. The molecule has 0 amide bonds. The van der Waals surface area contributed by atoms with Gasteiger partial charge in [0.15, 0.2) is 5.82 Å². The van der Waals surface area contributed by atoms with Crippen LogP contribution >= 0.6 is 11.6 Å². The predicted octanol–water partition coefficient (Wildman–Crippen LogP) is 2.36. The summed E-state index contributed by atoms with van der Waals surface area (Å²) in [5.74, 6) is 1.21. The number of ether oxygens (including phenoxy) is 1. The van der Waals surface area contributed by atoms with Gasteiger partial charge in [0, 0.05) is 37.8 Å². The third kappa shape index (κ3) is 3.90. The summed E-state index contributed by atoms with van der Waals surface area (Å²) < 4.78 is 10.2. The van der Waals surface area contributed by atoms with E-state index in [-0.39, 0.29) is 6.04 Å². The lowest BCUT2D eigenvalue weighted by molar-refractivity contribution is 0.0881. The molecule has 1 saturated heterocycles. The van der Waals surface area contributed by atoms with Crippen molar-refractivity contribution in [1.29, 1.82) is 0 Å². The van der Waals surface area contributed by atoms with Crippen molar-refractivity contribution in [3.05, 3.63) is 46.6 Å². The molecule has 0 N–H and O–H groups in total. The van der Waals surface area contributed by atoms with Gasteiger partial charge in [-0.25, -0.2) is 0 Å². The van der Waals surface area contributed by atoms with E-state index in [1.165, 1.54) is 0 Å². The van der Waals surface area contributed by atoms with Crippen molar-refractivity contribution < 1.29 is 9.26 Å². The van der Waals surface area contributed by atoms with Crippen molar-refractivity contribution in [1.82, 2.24) is 19.9 Å². The summed E-state index contributed by atoms with van der Waals surface area (Å²) in [6.07, 6.45) is 0.